The van der Waals surface area contributed by atoms with E-state index < -0.39 is 0 Å². The summed E-state index contributed by atoms with van der Waals surface area (Å²) in [7, 11) is 0. The third-order valence-corrected chi connectivity index (χ3v) is 6.29. The molecule has 2 amide bonds. The molecule has 0 N–H and O–H groups in total. The fourth-order valence-corrected chi connectivity index (χ4v) is 4.34. The lowest BCUT2D eigenvalue weighted by Crippen LogP contribution is -2.48. The van der Waals surface area contributed by atoms with Gasteiger partial charge in [-0.1, -0.05) is 13.8 Å². The van der Waals surface area contributed by atoms with E-state index >= 15 is 0 Å². The zero-order chi connectivity index (χ0) is 19.8. The van der Waals surface area contributed by atoms with E-state index in [0.717, 1.165) is 24.0 Å². The molecule has 0 unspecified atom stereocenters. The predicted molar refractivity (Wildman–Crippen MR) is 111 cm³/mol. The third kappa shape index (κ3) is 3.67. The first-order valence-electron chi connectivity index (χ1n) is 10.7. The first-order valence-corrected chi connectivity index (χ1v) is 10.7. The van der Waals surface area contributed by atoms with Gasteiger partial charge < -0.3 is 14.4 Å². The number of amides is 2. The molecule has 1 aliphatic carbocycles. The highest BCUT2D eigenvalue weighted by molar-refractivity contribution is 5.98. The Kier molecular flexibility index (Phi) is 5.17. The molecule has 150 valence electrons. The first-order chi connectivity index (χ1) is 13.5. The van der Waals surface area contributed by atoms with Crippen LogP contribution in [0.2, 0.25) is 0 Å². The normalized spacial score (nSPS) is 20.9. The smallest absolute Gasteiger partial charge is 0.253 e. The second-order valence-electron chi connectivity index (χ2n) is 8.68. The van der Waals surface area contributed by atoms with E-state index in [9.17, 15) is 9.59 Å². The molecule has 2 heterocycles. The van der Waals surface area contributed by atoms with Gasteiger partial charge in [-0.15, -0.1) is 0 Å². The Balaban J connectivity index is 1.57. The van der Waals surface area contributed by atoms with Crippen molar-refractivity contribution in [2.75, 3.05) is 19.6 Å². The molecular formula is C23H31N3O2. The summed E-state index contributed by atoms with van der Waals surface area (Å²) in [5.74, 6) is 1.24. The fourth-order valence-electron chi connectivity index (χ4n) is 4.34. The highest BCUT2D eigenvalue weighted by atomic mass is 16.2. The molecule has 0 spiro atoms. The van der Waals surface area contributed by atoms with Gasteiger partial charge in [0.05, 0.1) is 6.04 Å². The van der Waals surface area contributed by atoms with Crippen LogP contribution < -0.4 is 0 Å². The highest BCUT2D eigenvalue weighted by Crippen LogP contribution is 2.32. The van der Waals surface area contributed by atoms with Gasteiger partial charge in [0.2, 0.25) is 5.91 Å². The Morgan fingerprint density at radius 3 is 2.68 bits per heavy atom. The molecule has 2 aromatic rings. The largest absolute Gasteiger partial charge is 0.348 e. The molecule has 1 saturated heterocycles. The van der Waals surface area contributed by atoms with Crippen LogP contribution in [0.4, 0.5) is 0 Å². The third-order valence-electron chi connectivity index (χ3n) is 6.29. The van der Waals surface area contributed by atoms with Gasteiger partial charge in [-0.25, -0.2) is 0 Å². The van der Waals surface area contributed by atoms with Crippen LogP contribution in [0.15, 0.2) is 30.5 Å². The SMILES string of the molecule is CCn1ccc2cc(C(=O)N3CCC(=O)N(CC4CC4)[C@H](C(C)C)C3)ccc21. The number of benzene rings is 1. The number of hydrogen-bond donors (Lipinski definition) is 0. The zero-order valence-corrected chi connectivity index (χ0v) is 17.2. The van der Waals surface area contributed by atoms with Crippen LogP contribution in [0.1, 0.15) is 50.4 Å². The van der Waals surface area contributed by atoms with Gasteiger partial charge in [-0.05, 0) is 55.9 Å². The van der Waals surface area contributed by atoms with E-state index in [1.807, 2.05) is 23.1 Å². The average molecular weight is 382 g/mol. The Bertz CT molecular complexity index is 881. The van der Waals surface area contributed by atoms with Gasteiger partial charge in [0.25, 0.3) is 5.91 Å². The molecule has 28 heavy (non-hydrogen) atoms. The van der Waals surface area contributed by atoms with E-state index in [1.165, 1.54) is 12.8 Å². The number of carbonyl (C=O) groups is 2. The van der Waals surface area contributed by atoms with E-state index in [2.05, 4.69) is 42.5 Å². The lowest BCUT2D eigenvalue weighted by Gasteiger charge is -2.34. The monoisotopic (exact) mass is 381 g/mol. The molecular weight excluding hydrogens is 350 g/mol. The molecule has 1 atom stereocenters. The minimum atomic E-state index is 0.0397. The van der Waals surface area contributed by atoms with Crippen molar-refractivity contribution in [2.24, 2.45) is 11.8 Å². The van der Waals surface area contributed by atoms with Crippen LogP contribution in [0, 0.1) is 11.8 Å². The first kappa shape index (κ1) is 19.0. The summed E-state index contributed by atoms with van der Waals surface area (Å²) in [5, 5.41) is 1.09. The summed E-state index contributed by atoms with van der Waals surface area (Å²) in [6.07, 6.45) is 4.95. The van der Waals surface area contributed by atoms with Gasteiger partial charge in [-0.2, -0.15) is 0 Å². The van der Waals surface area contributed by atoms with Gasteiger partial charge in [0.1, 0.15) is 0 Å². The number of aromatic nitrogens is 1. The number of carbonyl (C=O) groups excluding carboxylic acids is 2. The molecule has 0 bridgehead atoms. The van der Waals surface area contributed by atoms with Crippen molar-refractivity contribution >= 4 is 22.7 Å². The molecule has 1 aromatic carbocycles. The van der Waals surface area contributed by atoms with Crippen LogP contribution in [0.25, 0.3) is 10.9 Å². The Morgan fingerprint density at radius 2 is 2.00 bits per heavy atom. The minimum absolute atomic E-state index is 0.0397. The fraction of sp³-hybridized carbons (Fsp3) is 0.565. The molecule has 0 radical (unpaired) electrons. The van der Waals surface area contributed by atoms with Gasteiger partial charge in [0.15, 0.2) is 0 Å². The van der Waals surface area contributed by atoms with Crippen LogP contribution in [0.5, 0.6) is 0 Å². The van der Waals surface area contributed by atoms with Crippen molar-refractivity contribution in [3.63, 3.8) is 0 Å². The van der Waals surface area contributed by atoms with Crippen LogP contribution in [-0.4, -0.2) is 51.9 Å². The molecule has 1 aliphatic heterocycles. The van der Waals surface area contributed by atoms with Crippen molar-refractivity contribution in [3.05, 3.63) is 36.0 Å². The number of fused-ring (bicyclic) bond motifs is 1. The topological polar surface area (TPSA) is 45.6 Å². The summed E-state index contributed by atoms with van der Waals surface area (Å²) < 4.78 is 2.18. The van der Waals surface area contributed by atoms with Crippen molar-refractivity contribution in [1.29, 1.82) is 0 Å². The Labute approximate surface area is 167 Å². The predicted octanol–water partition coefficient (Wildman–Crippen LogP) is 3.77. The van der Waals surface area contributed by atoms with Crippen LogP contribution >= 0.6 is 0 Å². The second kappa shape index (κ2) is 7.61. The number of aryl methyl sites for hydroxylation is 1. The van der Waals surface area contributed by atoms with E-state index in [-0.39, 0.29) is 17.9 Å². The Morgan fingerprint density at radius 1 is 1.21 bits per heavy atom. The van der Waals surface area contributed by atoms with Crippen molar-refractivity contribution < 1.29 is 9.59 Å². The van der Waals surface area contributed by atoms with E-state index in [0.29, 0.717) is 36.9 Å². The maximum Gasteiger partial charge on any atom is 0.253 e. The Hall–Kier alpha value is -2.30. The molecule has 2 aliphatic rings. The van der Waals surface area contributed by atoms with Crippen molar-refractivity contribution in [3.8, 4) is 0 Å². The average Bonchev–Trinajstić information content (AvgIpc) is 3.44. The molecule has 1 saturated carbocycles. The maximum absolute atomic E-state index is 13.3. The highest BCUT2D eigenvalue weighted by Gasteiger charge is 2.36. The number of hydrogen-bond acceptors (Lipinski definition) is 2. The standard InChI is InChI=1S/C23H31N3O2/c1-4-24-11-9-18-13-19(7-8-20(18)24)23(28)25-12-10-22(27)26(14-17-5-6-17)21(15-25)16(2)3/h7-9,11,13,16-17,21H,4-6,10,12,14-15H2,1-3H3/t21-/m0/s1. The molecule has 4 rings (SSSR count). The summed E-state index contributed by atoms with van der Waals surface area (Å²) in [4.78, 5) is 30.0. The van der Waals surface area contributed by atoms with Gasteiger partial charge >= 0.3 is 0 Å². The molecule has 5 nitrogen and oxygen atoms in total. The lowest BCUT2D eigenvalue weighted by molar-refractivity contribution is -0.133. The molecule has 5 heteroatoms. The van der Waals surface area contributed by atoms with Gasteiger partial charge in [0, 0.05) is 55.3 Å². The van der Waals surface area contributed by atoms with Crippen LogP contribution in [0.3, 0.4) is 0 Å². The summed E-state index contributed by atoms with van der Waals surface area (Å²) in [5.41, 5.74) is 1.87. The quantitative estimate of drug-likeness (QED) is 0.791. The molecule has 1 aromatic heterocycles. The maximum atomic E-state index is 13.3. The summed E-state index contributed by atoms with van der Waals surface area (Å²) >= 11 is 0. The molecule has 2 fully saturated rings. The second-order valence-corrected chi connectivity index (χ2v) is 8.68. The minimum Gasteiger partial charge on any atom is -0.348 e. The van der Waals surface area contributed by atoms with Crippen LogP contribution in [-0.2, 0) is 11.3 Å². The number of rotatable bonds is 5. The van der Waals surface area contributed by atoms with Gasteiger partial charge in [-0.3, -0.25) is 9.59 Å². The van der Waals surface area contributed by atoms with E-state index in [1.54, 1.807) is 0 Å². The summed E-state index contributed by atoms with van der Waals surface area (Å²) in [6, 6.07) is 8.12. The zero-order valence-electron chi connectivity index (χ0n) is 17.2. The van der Waals surface area contributed by atoms with Crippen molar-refractivity contribution in [1.82, 2.24) is 14.4 Å². The number of nitrogens with zero attached hydrogens (tertiary/aromatic N) is 3. The van der Waals surface area contributed by atoms with Crippen molar-refractivity contribution in [2.45, 2.75) is 52.6 Å². The van der Waals surface area contributed by atoms with E-state index in [4.69, 9.17) is 0 Å². The lowest BCUT2D eigenvalue weighted by atomic mass is 10.0. The summed E-state index contributed by atoms with van der Waals surface area (Å²) in [6.45, 7) is 9.35.